The number of amides is 5. The summed E-state index contributed by atoms with van der Waals surface area (Å²) in [6.07, 6.45) is -12.4. The fourth-order valence-corrected chi connectivity index (χ4v) is 19.0. The quantitative estimate of drug-likeness (QED) is 0.0326. The van der Waals surface area contributed by atoms with Gasteiger partial charge in [-0.2, -0.15) is 0 Å². The number of hydrogen-bond acceptors (Lipinski definition) is 25. The van der Waals surface area contributed by atoms with Crippen molar-refractivity contribution < 1.29 is 121 Å². The number of aliphatic hydroxyl groups excluding tert-OH is 6. The molecule has 14 N–H and O–H groups in total. The molecule has 4 saturated carbocycles. The number of phenolic OH excluding ortho intramolecular Hbond substituents is 3. The van der Waals surface area contributed by atoms with E-state index in [2.05, 4.69) is 21.3 Å². The Kier molecular flexibility index (Phi) is 25.7. The molecule has 30 nitrogen and oxygen atoms in total. The van der Waals surface area contributed by atoms with E-state index in [0.29, 0.717) is 24.9 Å². The van der Waals surface area contributed by atoms with E-state index in [4.69, 9.17) is 51.6 Å². The Hall–Kier alpha value is -9.51. The molecule has 6 aliphatic heterocycles. The normalized spacial score (nSPS) is 28.1. The highest BCUT2D eigenvalue weighted by Gasteiger charge is 2.51. The summed E-state index contributed by atoms with van der Waals surface area (Å²) in [5.74, 6) is -16.8. The summed E-state index contributed by atoms with van der Waals surface area (Å²) in [5.41, 5.74) is -1.79. The Morgan fingerprint density at radius 3 is 1.90 bits per heavy atom. The molecule has 0 unspecified atom stereocenters. The number of aromatic hydroxyl groups is 3. The topological polar surface area (TPSA) is 468 Å². The van der Waals surface area contributed by atoms with Crippen LogP contribution in [0, 0.1) is 47.3 Å². The number of benzene rings is 6. The lowest BCUT2D eigenvalue weighted by atomic mass is 9.51. The molecule has 0 radical (unpaired) electrons. The highest BCUT2D eigenvalue weighted by molar-refractivity contribution is 7.90. The highest BCUT2D eigenvalue weighted by Crippen LogP contribution is 2.58. The summed E-state index contributed by atoms with van der Waals surface area (Å²) >= 11 is 14.3. The molecule has 620 valence electrons. The van der Waals surface area contributed by atoms with Crippen molar-refractivity contribution in [2.24, 2.45) is 47.3 Å². The first-order valence-corrected chi connectivity index (χ1v) is 41.0. The molecule has 10 aliphatic rings. The molecule has 6 aromatic carbocycles. The van der Waals surface area contributed by atoms with Crippen molar-refractivity contribution in [2.45, 2.75) is 176 Å². The molecule has 15 bridgehead atoms. The van der Waals surface area contributed by atoms with Crippen molar-refractivity contribution in [2.75, 3.05) is 26.4 Å². The van der Waals surface area contributed by atoms with E-state index in [9.17, 15) is 64.0 Å². The van der Waals surface area contributed by atoms with Crippen LogP contribution in [0.5, 0.6) is 51.7 Å². The maximum absolute atomic E-state index is 16.6. The number of phenols is 3. The molecular formula is C83H93Cl2N5O25S. The largest absolute Gasteiger partial charge is 0.508 e. The van der Waals surface area contributed by atoms with Crippen molar-refractivity contribution in [3.8, 4) is 62.9 Å². The van der Waals surface area contributed by atoms with Crippen LogP contribution in [0.2, 0.25) is 10.0 Å². The second-order valence-electron chi connectivity index (χ2n) is 31.5. The molecule has 6 aromatic rings. The smallest absolute Gasteiger partial charge is 0.264 e. The molecule has 5 amide bonds. The van der Waals surface area contributed by atoms with Crippen LogP contribution in [-0.4, -0.2) is 170 Å². The summed E-state index contributed by atoms with van der Waals surface area (Å²) in [4.78, 5) is 124. The molecule has 5 fully saturated rings. The summed E-state index contributed by atoms with van der Waals surface area (Å²) in [7, 11) is -4.87. The molecule has 4 aliphatic carbocycles. The van der Waals surface area contributed by atoms with Gasteiger partial charge in [-0.05, 0) is 194 Å². The van der Waals surface area contributed by atoms with Gasteiger partial charge in [0.1, 0.15) is 102 Å². The zero-order valence-corrected chi connectivity index (χ0v) is 66.0. The summed E-state index contributed by atoms with van der Waals surface area (Å²) in [6.45, 7) is 6.99. The monoisotopic (exact) mass is 1660 g/mol. The van der Waals surface area contributed by atoms with Crippen LogP contribution in [0.1, 0.15) is 156 Å². The first-order valence-electron chi connectivity index (χ1n) is 38.8. The molecule has 6 heterocycles. The molecule has 0 spiro atoms. The van der Waals surface area contributed by atoms with E-state index in [1.165, 1.54) is 48.5 Å². The lowest BCUT2D eigenvalue weighted by molar-refractivity contribution is -0.277. The zero-order chi connectivity index (χ0) is 83.0. The second kappa shape index (κ2) is 35.4. The van der Waals surface area contributed by atoms with Crippen LogP contribution in [0.3, 0.4) is 0 Å². The van der Waals surface area contributed by atoms with Crippen LogP contribution in [0.25, 0.3) is 11.1 Å². The average molecular weight is 1660 g/mol. The number of sulfonamides is 1. The minimum absolute atomic E-state index is 0.0650. The molecule has 1 saturated heterocycles. The van der Waals surface area contributed by atoms with E-state index >= 15 is 28.8 Å². The fourth-order valence-electron chi connectivity index (χ4n) is 17.6. The van der Waals surface area contributed by atoms with Gasteiger partial charge in [0.05, 0.1) is 40.0 Å². The predicted molar refractivity (Wildman–Crippen MR) is 414 cm³/mol. The zero-order valence-electron chi connectivity index (χ0n) is 63.7. The summed E-state index contributed by atoms with van der Waals surface area (Å²) < 4.78 is 66.8. The van der Waals surface area contributed by atoms with E-state index in [0.717, 1.165) is 86.7 Å². The van der Waals surface area contributed by atoms with E-state index in [-0.39, 0.29) is 105 Å². The fraction of sp³-hybridized carbons (Fsp3) is 0.470. The maximum Gasteiger partial charge on any atom is 0.264 e. The van der Waals surface area contributed by atoms with Crippen molar-refractivity contribution in [1.82, 2.24) is 26.0 Å². The van der Waals surface area contributed by atoms with Gasteiger partial charge < -0.3 is 95.6 Å². The summed E-state index contributed by atoms with van der Waals surface area (Å²) in [5, 5.41) is 115. The number of carbonyl (C=O) groups excluding carboxylic acids is 8. The number of carbonyl (C=O) groups is 8. The lowest BCUT2D eigenvalue weighted by Crippen LogP contribution is -2.60. The molecular weight excluding hydrogens is 1570 g/mol. The van der Waals surface area contributed by atoms with Gasteiger partial charge in [0.2, 0.25) is 41.6 Å². The minimum Gasteiger partial charge on any atom is -0.508 e. The number of ketones is 3. The molecule has 14 atom stereocenters. The van der Waals surface area contributed by atoms with Crippen molar-refractivity contribution in [3.63, 3.8) is 0 Å². The Labute approximate surface area is 677 Å². The van der Waals surface area contributed by atoms with Gasteiger partial charge >= 0.3 is 0 Å². The van der Waals surface area contributed by atoms with Gasteiger partial charge in [-0.25, -0.2) is 13.1 Å². The van der Waals surface area contributed by atoms with E-state index < -0.39 is 218 Å². The third-order valence-electron chi connectivity index (χ3n) is 23.2. The van der Waals surface area contributed by atoms with Crippen LogP contribution < -0.4 is 44.9 Å². The number of nitrogens with one attached hydrogen (secondary N) is 5. The molecule has 33 heteroatoms. The van der Waals surface area contributed by atoms with Gasteiger partial charge in [0.15, 0.2) is 28.8 Å². The Balaban J connectivity index is 0.995. The molecule has 16 rings (SSSR count). The van der Waals surface area contributed by atoms with Crippen molar-refractivity contribution in [1.29, 1.82) is 0 Å². The van der Waals surface area contributed by atoms with E-state index in [1.807, 2.05) is 18.6 Å². The number of rotatable bonds is 20. The number of fused-ring (bicyclic) bond motifs is 15. The van der Waals surface area contributed by atoms with Crippen molar-refractivity contribution in [3.05, 3.63) is 141 Å². The second-order valence-corrected chi connectivity index (χ2v) is 34.0. The van der Waals surface area contributed by atoms with Gasteiger partial charge in [-0.1, -0.05) is 62.2 Å². The Bertz CT molecular complexity index is 4870. The molecule has 116 heavy (non-hydrogen) atoms. The van der Waals surface area contributed by atoms with Crippen LogP contribution >= 0.6 is 23.2 Å². The number of hydrogen-bond donors (Lipinski definition) is 14. The first-order chi connectivity index (χ1) is 55.3. The Morgan fingerprint density at radius 2 is 1.28 bits per heavy atom. The first kappa shape index (κ1) is 84.4. The number of Topliss-reactive ketones (excluding diaryl/α,β-unsaturated/α-hetero) is 3. The standard InChI is InChI=1S/C83H93Cl2N5O25S/c1-5-40(19-37(3)4)79(104)88-71-59(95)28-47(31-67(98)90-116(108,109)50-12-10-49(11-13-50)111-18-17-110-6-2)80(105)86-69-46-29-64(112-62-15-8-42(73(71)99)26-55(62)84)78(115-83-77(103)76(102)75(101)66(36-91)114-83)65(30-46)113-63-16-9-43(27-56(63)85)74(100)72-82(107)87-70(61(97)34-51-44-21-38-20-39(23-44)24-45(51)22-38)54-32-48(92)33-58(94)68(54)53-25-41(7-14-57(53)93)52(35-60(69)96)81(106)89-72/h7-16,25-27,29-30,32-33,37-40,44-45,47,51-52,66,69-77,83,91-94,99-103H,5-6,17-24,28,31,34-36H2,1-4H3,(H,86,105)(H,87,107)(H,88,104)(H,89,106)(H,90,98)/t38?,39?,40-,44?,45?,47+,51?,52-,66-,69-,70+,71+,72+,73-,74-,75-,76+,77-,83+/m1/s1. The third kappa shape index (κ3) is 18.1. The minimum atomic E-state index is -4.87. The van der Waals surface area contributed by atoms with Gasteiger partial charge in [0, 0.05) is 55.4 Å². The number of ether oxygens (including phenoxy) is 6. The average Bonchev–Trinajstić information content (AvgIpc) is 0.760. The predicted octanol–water partition coefficient (Wildman–Crippen LogP) is 7.67. The maximum atomic E-state index is 16.6. The third-order valence-corrected chi connectivity index (χ3v) is 25.2. The highest BCUT2D eigenvalue weighted by atomic mass is 35.5. The van der Waals surface area contributed by atoms with E-state index in [1.54, 1.807) is 13.8 Å². The summed E-state index contributed by atoms with van der Waals surface area (Å²) in [6, 6.07) is 11.5. The number of halogens is 2. The van der Waals surface area contributed by atoms with Crippen LogP contribution in [-0.2, 0) is 57.9 Å². The lowest BCUT2D eigenvalue weighted by Gasteiger charge is -2.54. The van der Waals surface area contributed by atoms with Crippen LogP contribution in [0.4, 0.5) is 0 Å². The van der Waals surface area contributed by atoms with Crippen LogP contribution in [0.15, 0.2) is 108 Å². The van der Waals surface area contributed by atoms with Gasteiger partial charge in [-0.3, -0.25) is 38.4 Å². The number of aliphatic hydroxyl groups is 6. The SMILES string of the molecule is CCOCCOc1ccc(S(=O)(=O)NC(=O)C[C@@H]2CC(=O)[C@H](NC(=O)[C@H](CC)CC(C)C)[C@H](O)c3ccc(c(Cl)c3)Oc3cc4cc(c3O[C@@H]3O[C@H](CO)[C@@H](O)[C@H](O)[C@H]3O)Oc3ccc(cc3Cl)[C@@H](O)[C@@H]3NC(=O)[C@H](CC(=O)[C@@H]4NC2=O)c2ccc(O)c(c2)-c2c(O)cc(O)cc2[C@@H](C(=O)CC2C4CC5CC(C4)CC2C5)NC3=O)cc1. The Morgan fingerprint density at radius 1 is 0.647 bits per heavy atom. The van der Waals surface area contributed by atoms with Gasteiger partial charge in [0.25, 0.3) is 10.0 Å². The van der Waals surface area contributed by atoms with Crippen molar-refractivity contribution >= 4 is 80.1 Å². The molecule has 0 aromatic heterocycles. The van der Waals surface area contributed by atoms with Gasteiger partial charge in [-0.15, -0.1) is 0 Å².